The number of rotatable bonds is 6. The fourth-order valence-corrected chi connectivity index (χ4v) is 4.16. The van der Waals surface area contributed by atoms with Crippen molar-refractivity contribution in [3.8, 4) is 5.75 Å². The van der Waals surface area contributed by atoms with E-state index in [9.17, 15) is 20.1 Å². The molecule has 0 amide bonds. The maximum absolute atomic E-state index is 11.2. The van der Waals surface area contributed by atoms with E-state index in [1.54, 1.807) is 13.0 Å². The van der Waals surface area contributed by atoms with Crippen molar-refractivity contribution < 1.29 is 29.6 Å². The van der Waals surface area contributed by atoms with Gasteiger partial charge in [0.05, 0.1) is 17.3 Å². The summed E-state index contributed by atoms with van der Waals surface area (Å²) < 4.78 is 12.2. The molecular formula is C22H30O6. The van der Waals surface area contributed by atoms with E-state index in [2.05, 4.69) is 6.08 Å². The van der Waals surface area contributed by atoms with Gasteiger partial charge in [0.2, 0.25) is 0 Å². The van der Waals surface area contributed by atoms with Crippen LogP contribution in [0.25, 0.3) is 0 Å². The molecule has 6 heteroatoms. The number of ether oxygens (including phenoxy) is 2. The largest absolute Gasteiger partial charge is 0.484 e. The summed E-state index contributed by atoms with van der Waals surface area (Å²) in [4.78, 5) is 11.2. The minimum atomic E-state index is -1.05. The van der Waals surface area contributed by atoms with Crippen molar-refractivity contribution in [1.82, 2.24) is 0 Å². The lowest BCUT2D eigenvalue weighted by Gasteiger charge is -2.36. The van der Waals surface area contributed by atoms with Crippen LogP contribution in [0, 0.1) is 0 Å². The molecule has 0 bridgehead atoms. The second kappa shape index (κ2) is 7.50. The third-order valence-electron chi connectivity index (χ3n) is 5.93. The first-order valence-corrected chi connectivity index (χ1v) is 9.79. The van der Waals surface area contributed by atoms with E-state index in [-0.39, 0.29) is 11.7 Å². The molecule has 1 aromatic carbocycles. The molecule has 6 nitrogen and oxygen atoms in total. The fraction of sp³-hybridized carbons (Fsp3) is 0.591. The van der Waals surface area contributed by atoms with Crippen LogP contribution >= 0.6 is 0 Å². The van der Waals surface area contributed by atoms with Gasteiger partial charge >= 0.3 is 5.97 Å². The highest BCUT2D eigenvalue weighted by Crippen LogP contribution is 2.48. The number of carboxylic acids is 1. The lowest BCUT2D eigenvalue weighted by Crippen LogP contribution is -2.47. The molecule has 1 saturated heterocycles. The van der Waals surface area contributed by atoms with Crippen molar-refractivity contribution in [2.45, 2.75) is 82.9 Å². The lowest BCUT2D eigenvalue weighted by molar-refractivity contribution is -0.167. The maximum Gasteiger partial charge on any atom is 0.335 e. The second-order valence-electron chi connectivity index (χ2n) is 8.68. The van der Waals surface area contributed by atoms with Gasteiger partial charge in [-0.05, 0) is 71.6 Å². The van der Waals surface area contributed by atoms with E-state index < -0.39 is 29.4 Å². The number of carbonyl (C=O) groups is 1. The van der Waals surface area contributed by atoms with Crippen LogP contribution in [0.5, 0.6) is 5.75 Å². The number of aliphatic hydroxyl groups is 2. The number of allylic oxidation sites excluding steroid dienone is 2. The molecule has 2 heterocycles. The Morgan fingerprint density at radius 1 is 1.39 bits per heavy atom. The molecule has 2 aliphatic rings. The van der Waals surface area contributed by atoms with Crippen molar-refractivity contribution >= 4 is 5.97 Å². The van der Waals surface area contributed by atoms with Gasteiger partial charge in [0.25, 0.3) is 0 Å². The maximum atomic E-state index is 11.2. The van der Waals surface area contributed by atoms with Gasteiger partial charge < -0.3 is 24.8 Å². The number of hydrogen-bond donors (Lipinski definition) is 3. The molecule has 3 rings (SSSR count). The molecule has 28 heavy (non-hydrogen) atoms. The SMILES string of the molecule is CC(C)=CCC[C@@](C)(O)[C@@H]1CC[C@@](C)([C@@H]2Oc3ccc(C(=O)O)cc3[C@@H]2O)O1. The van der Waals surface area contributed by atoms with Gasteiger partial charge in [-0.25, -0.2) is 4.79 Å². The summed E-state index contributed by atoms with van der Waals surface area (Å²) in [6, 6.07) is 4.49. The molecule has 0 unspecified atom stereocenters. The van der Waals surface area contributed by atoms with Gasteiger partial charge in [-0.3, -0.25) is 0 Å². The molecule has 0 radical (unpaired) electrons. The average molecular weight is 390 g/mol. The van der Waals surface area contributed by atoms with Crippen LogP contribution in [0.15, 0.2) is 29.8 Å². The van der Waals surface area contributed by atoms with Crippen LogP contribution < -0.4 is 4.74 Å². The number of hydrogen-bond acceptors (Lipinski definition) is 5. The second-order valence-corrected chi connectivity index (χ2v) is 8.68. The van der Waals surface area contributed by atoms with Crippen molar-refractivity contribution in [3.05, 3.63) is 41.0 Å². The predicted octanol–water partition coefficient (Wildman–Crippen LogP) is 3.61. The molecule has 1 fully saturated rings. The van der Waals surface area contributed by atoms with E-state index in [0.717, 1.165) is 6.42 Å². The summed E-state index contributed by atoms with van der Waals surface area (Å²) >= 11 is 0. The van der Waals surface area contributed by atoms with Crippen molar-refractivity contribution in [2.24, 2.45) is 0 Å². The normalized spacial score (nSPS) is 31.0. The molecule has 3 N–H and O–H groups in total. The summed E-state index contributed by atoms with van der Waals surface area (Å²) in [6.07, 6.45) is 2.80. The average Bonchev–Trinajstić information content (AvgIpc) is 3.17. The highest BCUT2D eigenvalue weighted by molar-refractivity contribution is 5.88. The van der Waals surface area contributed by atoms with Gasteiger partial charge in [0.15, 0.2) is 6.10 Å². The fourth-order valence-electron chi connectivity index (χ4n) is 4.16. The van der Waals surface area contributed by atoms with Crippen molar-refractivity contribution in [2.75, 3.05) is 0 Å². The zero-order valence-electron chi connectivity index (χ0n) is 16.9. The Labute approximate surface area is 165 Å². The first-order valence-electron chi connectivity index (χ1n) is 9.79. The summed E-state index contributed by atoms with van der Waals surface area (Å²) in [5, 5.41) is 30.9. The third kappa shape index (κ3) is 3.95. The Balaban J connectivity index is 1.72. The van der Waals surface area contributed by atoms with Gasteiger partial charge in [-0.2, -0.15) is 0 Å². The highest BCUT2D eigenvalue weighted by Gasteiger charge is 2.53. The standard InChI is InChI=1S/C22H30O6/c1-13(2)6-5-10-21(3,26)17-9-11-22(4,28-17)19-18(23)15-12-14(20(24)25)7-8-16(15)27-19/h6-8,12,17-19,23,26H,5,9-11H2,1-4H3,(H,24,25)/t17-,18-,19+,21+,22-/m0/s1. The molecule has 5 atom stereocenters. The van der Waals surface area contributed by atoms with Gasteiger partial charge in [0, 0.05) is 5.56 Å². The van der Waals surface area contributed by atoms with E-state index in [1.165, 1.54) is 17.7 Å². The van der Waals surface area contributed by atoms with Crippen LogP contribution in [-0.4, -0.2) is 44.7 Å². The van der Waals surface area contributed by atoms with Gasteiger partial charge in [-0.1, -0.05) is 11.6 Å². The Morgan fingerprint density at radius 2 is 2.11 bits per heavy atom. The number of aliphatic hydroxyl groups excluding tert-OH is 1. The quantitative estimate of drug-likeness (QED) is 0.642. The summed E-state index contributed by atoms with van der Waals surface area (Å²) in [5.41, 5.74) is 0.0471. The Kier molecular flexibility index (Phi) is 5.58. The Bertz CT molecular complexity index is 779. The highest BCUT2D eigenvalue weighted by atomic mass is 16.6. The molecule has 0 aliphatic carbocycles. The van der Waals surface area contributed by atoms with Crippen LogP contribution in [-0.2, 0) is 4.74 Å². The summed E-state index contributed by atoms with van der Waals surface area (Å²) in [5.74, 6) is -0.569. The molecule has 0 saturated carbocycles. The zero-order chi connectivity index (χ0) is 20.7. The molecular weight excluding hydrogens is 360 g/mol. The summed E-state index contributed by atoms with van der Waals surface area (Å²) in [7, 11) is 0. The van der Waals surface area contributed by atoms with Crippen molar-refractivity contribution in [3.63, 3.8) is 0 Å². The lowest BCUT2D eigenvalue weighted by atomic mass is 9.88. The predicted molar refractivity (Wildman–Crippen MR) is 105 cm³/mol. The Hall–Kier alpha value is -1.89. The minimum absolute atomic E-state index is 0.111. The number of carboxylic acid groups (broad SMARTS) is 1. The summed E-state index contributed by atoms with van der Waals surface area (Å²) in [6.45, 7) is 7.74. The monoisotopic (exact) mass is 390 g/mol. The van der Waals surface area contributed by atoms with Crippen LogP contribution in [0.3, 0.4) is 0 Å². The first kappa shape index (κ1) is 20.8. The first-order chi connectivity index (χ1) is 13.0. The molecule has 1 aromatic rings. The molecule has 0 aromatic heterocycles. The minimum Gasteiger partial charge on any atom is -0.484 e. The van der Waals surface area contributed by atoms with Crippen molar-refractivity contribution in [1.29, 1.82) is 0 Å². The van der Waals surface area contributed by atoms with E-state index in [1.807, 2.05) is 20.8 Å². The number of fused-ring (bicyclic) bond motifs is 1. The molecule has 0 spiro atoms. The van der Waals surface area contributed by atoms with E-state index >= 15 is 0 Å². The van der Waals surface area contributed by atoms with E-state index in [0.29, 0.717) is 30.6 Å². The molecule has 2 aliphatic heterocycles. The number of benzene rings is 1. The zero-order valence-corrected chi connectivity index (χ0v) is 16.9. The van der Waals surface area contributed by atoms with E-state index in [4.69, 9.17) is 9.47 Å². The van der Waals surface area contributed by atoms with Crippen LogP contribution in [0.4, 0.5) is 0 Å². The van der Waals surface area contributed by atoms with Gasteiger partial charge in [-0.15, -0.1) is 0 Å². The van der Waals surface area contributed by atoms with Crippen LogP contribution in [0.1, 0.15) is 75.4 Å². The van der Waals surface area contributed by atoms with Gasteiger partial charge in [0.1, 0.15) is 17.5 Å². The third-order valence-corrected chi connectivity index (χ3v) is 5.93. The van der Waals surface area contributed by atoms with Crippen LogP contribution in [0.2, 0.25) is 0 Å². The smallest absolute Gasteiger partial charge is 0.335 e. The Morgan fingerprint density at radius 3 is 2.75 bits per heavy atom. The topological polar surface area (TPSA) is 96.2 Å². The number of aromatic carboxylic acids is 1. The molecule has 154 valence electrons.